The number of H-pyrrole nitrogens is 1. The molecule has 0 spiro atoms. The molecule has 4 heteroatoms. The van der Waals surface area contributed by atoms with Crippen LogP contribution in [-0.4, -0.2) is 52.9 Å². The maximum absolute atomic E-state index is 13.5. The van der Waals surface area contributed by atoms with Gasteiger partial charge in [0.25, 0.3) is 5.91 Å². The monoisotopic (exact) mass is 365 g/mol. The van der Waals surface area contributed by atoms with Crippen molar-refractivity contribution in [3.05, 3.63) is 35.0 Å². The van der Waals surface area contributed by atoms with Gasteiger partial charge in [0.05, 0.1) is 11.1 Å². The van der Waals surface area contributed by atoms with E-state index in [2.05, 4.69) is 33.8 Å². The molecule has 1 aromatic heterocycles. The Balaban J connectivity index is 1.45. The van der Waals surface area contributed by atoms with Crippen LogP contribution in [0.4, 0.5) is 0 Å². The number of carbonyl (C=O) groups excluding carboxylic acids is 1. The molecule has 3 heterocycles. The topological polar surface area (TPSA) is 39.3 Å². The third-order valence-corrected chi connectivity index (χ3v) is 7.01. The zero-order valence-electron chi connectivity index (χ0n) is 16.5. The Morgan fingerprint density at radius 3 is 2.85 bits per heavy atom. The molecule has 0 bridgehead atoms. The first-order valence-corrected chi connectivity index (χ1v) is 10.9. The molecule has 27 heavy (non-hydrogen) atoms. The molecule has 2 fully saturated rings. The molecule has 0 saturated carbocycles. The molecule has 144 valence electrons. The molecule has 2 atom stereocenters. The smallest absolute Gasteiger partial charge is 0.256 e. The molecule has 1 aliphatic carbocycles. The van der Waals surface area contributed by atoms with E-state index in [4.69, 9.17) is 0 Å². The molecular weight excluding hydrogens is 334 g/mol. The number of nitrogens with one attached hydrogen (secondary N) is 1. The number of amides is 1. The highest BCUT2D eigenvalue weighted by molar-refractivity contribution is 6.07. The zero-order valence-corrected chi connectivity index (χ0v) is 16.5. The standard InChI is InChI=1S/C23H31N3O/c1-16-9-10-21-20(14-16)18-7-4-8-19(22(18)24-21)23(27)26-13-5-6-17(26)15-25-11-2-3-12-25/h4,7-8,16-17,24H,2-3,5-6,9-15H2,1H3. The van der Waals surface area contributed by atoms with Crippen LogP contribution < -0.4 is 0 Å². The van der Waals surface area contributed by atoms with Gasteiger partial charge in [-0.2, -0.15) is 0 Å². The number of likely N-dealkylation sites (tertiary alicyclic amines) is 2. The van der Waals surface area contributed by atoms with Gasteiger partial charge < -0.3 is 14.8 Å². The molecule has 2 saturated heterocycles. The second-order valence-electron chi connectivity index (χ2n) is 8.96. The number of rotatable bonds is 3. The summed E-state index contributed by atoms with van der Waals surface area (Å²) in [6.07, 6.45) is 8.40. The number of fused-ring (bicyclic) bond motifs is 3. The van der Waals surface area contributed by atoms with Crippen molar-refractivity contribution in [1.82, 2.24) is 14.8 Å². The van der Waals surface area contributed by atoms with Gasteiger partial charge in [0.1, 0.15) is 0 Å². The molecule has 4 nitrogen and oxygen atoms in total. The van der Waals surface area contributed by atoms with Crippen molar-refractivity contribution in [1.29, 1.82) is 0 Å². The van der Waals surface area contributed by atoms with Crippen molar-refractivity contribution >= 4 is 16.8 Å². The molecule has 2 aromatic rings. The Morgan fingerprint density at radius 2 is 2.00 bits per heavy atom. The Hall–Kier alpha value is -1.81. The number of aromatic amines is 1. The van der Waals surface area contributed by atoms with Crippen molar-refractivity contribution in [3.8, 4) is 0 Å². The van der Waals surface area contributed by atoms with Gasteiger partial charge >= 0.3 is 0 Å². The van der Waals surface area contributed by atoms with Crippen LogP contribution in [-0.2, 0) is 12.8 Å². The first-order valence-electron chi connectivity index (χ1n) is 10.9. The number of carbonyl (C=O) groups is 1. The lowest BCUT2D eigenvalue weighted by Crippen LogP contribution is -2.42. The summed E-state index contributed by atoms with van der Waals surface area (Å²) in [6.45, 7) is 6.71. The molecule has 1 amide bonds. The lowest BCUT2D eigenvalue weighted by molar-refractivity contribution is 0.0710. The van der Waals surface area contributed by atoms with Gasteiger partial charge in [0.15, 0.2) is 0 Å². The third kappa shape index (κ3) is 3.08. The fourth-order valence-electron chi connectivity index (χ4n) is 5.50. The number of nitrogens with zero attached hydrogens (tertiary/aromatic N) is 2. The largest absolute Gasteiger partial charge is 0.358 e. The van der Waals surface area contributed by atoms with E-state index in [1.54, 1.807) is 0 Å². The summed E-state index contributed by atoms with van der Waals surface area (Å²) in [7, 11) is 0. The molecule has 2 unspecified atom stereocenters. The van der Waals surface area contributed by atoms with Crippen LogP contribution in [0.1, 0.15) is 60.6 Å². The Kier molecular flexibility index (Phi) is 4.47. The highest BCUT2D eigenvalue weighted by Crippen LogP contribution is 2.34. The number of hydrogen-bond acceptors (Lipinski definition) is 2. The fraction of sp³-hybridized carbons (Fsp3) is 0.609. The fourth-order valence-corrected chi connectivity index (χ4v) is 5.50. The maximum Gasteiger partial charge on any atom is 0.256 e. The van der Waals surface area contributed by atoms with Gasteiger partial charge in [0.2, 0.25) is 0 Å². The van der Waals surface area contributed by atoms with Crippen molar-refractivity contribution in [2.24, 2.45) is 5.92 Å². The van der Waals surface area contributed by atoms with Crippen molar-refractivity contribution in [2.75, 3.05) is 26.2 Å². The number of aryl methyl sites for hydroxylation is 1. The number of benzene rings is 1. The summed E-state index contributed by atoms with van der Waals surface area (Å²) in [6, 6.07) is 6.69. The molecule has 2 aliphatic heterocycles. The third-order valence-electron chi connectivity index (χ3n) is 7.01. The molecule has 1 aromatic carbocycles. The SMILES string of the molecule is CC1CCc2[nH]c3c(C(=O)N4CCCC4CN4CCCC4)cccc3c2C1. The van der Waals surface area contributed by atoms with Crippen LogP contribution in [0.5, 0.6) is 0 Å². The van der Waals surface area contributed by atoms with Gasteiger partial charge in [-0.1, -0.05) is 19.1 Å². The summed E-state index contributed by atoms with van der Waals surface area (Å²) in [4.78, 5) is 21.9. The predicted molar refractivity (Wildman–Crippen MR) is 109 cm³/mol. The van der Waals surface area contributed by atoms with E-state index in [9.17, 15) is 4.79 Å². The second-order valence-corrected chi connectivity index (χ2v) is 8.96. The van der Waals surface area contributed by atoms with E-state index in [-0.39, 0.29) is 5.91 Å². The van der Waals surface area contributed by atoms with Crippen molar-refractivity contribution in [2.45, 2.75) is 57.9 Å². The average molecular weight is 366 g/mol. The van der Waals surface area contributed by atoms with E-state index < -0.39 is 0 Å². The normalized spacial score (nSPS) is 26.0. The lowest BCUT2D eigenvalue weighted by atomic mass is 9.87. The summed E-state index contributed by atoms with van der Waals surface area (Å²) in [5.41, 5.74) is 4.77. The number of para-hydroxylation sites is 1. The second kappa shape index (κ2) is 6.97. The van der Waals surface area contributed by atoms with Crippen LogP contribution in [0.25, 0.3) is 10.9 Å². The quantitative estimate of drug-likeness (QED) is 0.893. The van der Waals surface area contributed by atoms with Crippen molar-refractivity contribution < 1.29 is 4.79 Å². The van der Waals surface area contributed by atoms with Crippen LogP contribution >= 0.6 is 0 Å². The number of aromatic nitrogens is 1. The Morgan fingerprint density at radius 1 is 1.15 bits per heavy atom. The molecule has 5 rings (SSSR count). The van der Waals surface area contributed by atoms with E-state index in [1.165, 1.54) is 49.0 Å². The van der Waals surface area contributed by atoms with Crippen LogP contribution in [0.3, 0.4) is 0 Å². The number of hydrogen-bond donors (Lipinski definition) is 1. The summed E-state index contributed by atoms with van der Waals surface area (Å²) in [5, 5.41) is 1.28. The minimum Gasteiger partial charge on any atom is -0.358 e. The van der Waals surface area contributed by atoms with Crippen molar-refractivity contribution in [3.63, 3.8) is 0 Å². The summed E-state index contributed by atoms with van der Waals surface area (Å²) >= 11 is 0. The minimum atomic E-state index is 0.231. The predicted octanol–water partition coefficient (Wildman–Crippen LogP) is 3.99. The van der Waals surface area contributed by atoms with E-state index in [1.807, 2.05) is 6.07 Å². The van der Waals surface area contributed by atoms with Gasteiger partial charge in [-0.3, -0.25) is 4.79 Å². The first kappa shape index (κ1) is 17.3. The maximum atomic E-state index is 13.5. The molecular formula is C23H31N3O. The molecule has 1 N–H and O–H groups in total. The van der Waals surface area contributed by atoms with E-state index in [0.717, 1.165) is 55.8 Å². The van der Waals surface area contributed by atoms with Gasteiger partial charge in [-0.25, -0.2) is 0 Å². The zero-order chi connectivity index (χ0) is 18.4. The average Bonchev–Trinajstić information content (AvgIpc) is 3.41. The van der Waals surface area contributed by atoms with Gasteiger partial charge in [-0.15, -0.1) is 0 Å². The highest BCUT2D eigenvalue weighted by atomic mass is 16.2. The van der Waals surface area contributed by atoms with Gasteiger partial charge in [0, 0.05) is 30.2 Å². The van der Waals surface area contributed by atoms with Crippen LogP contribution in [0, 0.1) is 5.92 Å². The highest BCUT2D eigenvalue weighted by Gasteiger charge is 2.32. The van der Waals surface area contributed by atoms with Crippen LogP contribution in [0.15, 0.2) is 18.2 Å². The lowest BCUT2D eigenvalue weighted by Gasteiger charge is -2.28. The molecule has 0 radical (unpaired) electrons. The first-order chi connectivity index (χ1) is 13.2. The Bertz CT molecular complexity index is 849. The van der Waals surface area contributed by atoms with Gasteiger partial charge in [-0.05, 0) is 75.6 Å². The summed E-state index contributed by atoms with van der Waals surface area (Å²) in [5.74, 6) is 0.966. The van der Waals surface area contributed by atoms with E-state index >= 15 is 0 Å². The van der Waals surface area contributed by atoms with Crippen LogP contribution in [0.2, 0.25) is 0 Å². The molecule has 3 aliphatic rings. The van der Waals surface area contributed by atoms with E-state index in [0.29, 0.717) is 6.04 Å². The minimum absolute atomic E-state index is 0.231. The Labute approximate surface area is 161 Å². The summed E-state index contributed by atoms with van der Waals surface area (Å²) < 4.78 is 0.